The number of carbonyl (C=O) groups excluding carboxylic acids is 1. The number of hydrogen-bond acceptors (Lipinski definition) is 3. The molecule has 3 aromatic carbocycles. The maximum absolute atomic E-state index is 12.3. The van der Waals surface area contributed by atoms with Gasteiger partial charge in [-0.05, 0) is 85.2 Å². The zero-order valence-electron chi connectivity index (χ0n) is 21.9. The minimum absolute atomic E-state index is 0.0784. The highest BCUT2D eigenvalue weighted by Gasteiger charge is 2.34. The topological polar surface area (TPSA) is 50.7 Å². The van der Waals surface area contributed by atoms with Crippen LogP contribution in [-0.4, -0.2) is 25.2 Å². The molecule has 5 rings (SSSR count). The molecule has 1 heterocycles. The fourth-order valence-electron chi connectivity index (χ4n) is 5.80. The molecular formula is C33H36N2O2. The molecular weight excluding hydrogens is 456 g/mol. The van der Waals surface area contributed by atoms with Gasteiger partial charge in [0.05, 0.1) is 6.04 Å². The molecule has 0 bridgehead atoms. The molecule has 0 unspecified atom stereocenters. The number of allylic oxidation sites excluding steroid dienone is 2. The van der Waals surface area contributed by atoms with E-state index in [1.54, 1.807) is 18.2 Å². The quantitative estimate of drug-likeness (QED) is 0.316. The molecule has 1 aliphatic heterocycles. The summed E-state index contributed by atoms with van der Waals surface area (Å²) < 4.78 is 6.51. The van der Waals surface area contributed by atoms with Crippen LogP contribution in [0.2, 0.25) is 0 Å². The van der Waals surface area contributed by atoms with Crippen LogP contribution in [0, 0.1) is 5.92 Å². The number of hydrogen-bond donors (Lipinski definition) is 1. The van der Waals surface area contributed by atoms with Crippen molar-refractivity contribution < 1.29 is 9.53 Å². The average molecular weight is 493 g/mol. The van der Waals surface area contributed by atoms with E-state index in [1.165, 1.54) is 12.0 Å². The van der Waals surface area contributed by atoms with E-state index in [0.29, 0.717) is 5.56 Å². The summed E-state index contributed by atoms with van der Waals surface area (Å²) in [7, 11) is 1.66. The monoisotopic (exact) mass is 492 g/mol. The van der Waals surface area contributed by atoms with E-state index in [0.717, 1.165) is 60.8 Å². The van der Waals surface area contributed by atoms with Crippen LogP contribution in [0.5, 0.6) is 5.75 Å². The fraction of sp³-hybridized carbons (Fsp3) is 0.333. The number of amides is 1. The number of benzene rings is 3. The Morgan fingerprint density at radius 1 is 0.973 bits per heavy atom. The van der Waals surface area contributed by atoms with Crippen LogP contribution in [0.25, 0.3) is 10.8 Å². The van der Waals surface area contributed by atoms with E-state index in [1.807, 2.05) is 48.7 Å². The zero-order chi connectivity index (χ0) is 25.6. The number of aryl methyl sites for hydroxylation is 1. The van der Waals surface area contributed by atoms with Gasteiger partial charge in [-0.25, -0.2) is 0 Å². The molecule has 0 radical (unpaired) electrons. The Balaban J connectivity index is 1.32. The number of carbonyl (C=O) groups is 1. The van der Waals surface area contributed by atoms with Gasteiger partial charge < -0.3 is 10.1 Å². The summed E-state index contributed by atoms with van der Waals surface area (Å²) in [5.74, 6) is 2.00. The minimum Gasteiger partial charge on any atom is -0.461 e. The molecule has 190 valence electrons. The van der Waals surface area contributed by atoms with Crippen molar-refractivity contribution in [2.24, 2.45) is 10.9 Å². The number of nitrogens with zero attached hydrogens (tertiary/aromatic N) is 1. The minimum atomic E-state index is -0.0784. The zero-order valence-corrected chi connectivity index (χ0v) is 21.9. The smallest absolute Gasteiger partial charge is 0.251 e. The molecule has 3 aromatic rings. The molecule has 0 fully saturated rings. The van der Waals surface area contributed by atoms with Gasteiger partial charge in [0.15, 0.2) is 0 Å². The van der Waals surface area contributed by atoms with Gasteiger partial charge in [0, 0.05) is 24.7 Å². The summed E-state index contributed by atoms with van der Waals surface area (Å²) in [6.07, 6.45) is 11.8. The Morgan fingerprint density at radius 3 is 2.62 bits per heavy atom. The maximum atomic E-state index is 12.3. The van der Waals surface area contributed by atoms with Crippen molar-refractivity contribution in [2.45, 2.75) is 57.9 Å². The Bertz CT molecular complexity index is 1350. The van der Waals surface area contributed by atoms with E-state index in [4.69, 9.17) is 9.73 Å². The highest BCUT2D eigenvalue weighted by Crippen LogP contribution is 2.41. The average Bonchev–Trinajstić information content (AvgIpc) is 2.93. The highest BCUT2D eigenvalue weighted by atomic mass is 16.5. The lowest BCUT2D eigenvalue weighted by Crippen LogP contribution is -2.31. The van der Waals surface area contributed by atoms with Crippen molar-refractivity contribution in [3.05, 3.63) is 101 Å². The first-order valence-electron chi connectivity index (χ1n) is 13.6. The fourth-order valence-corrected chi connectivity index (χ4v) is 5.80. The molecule has 2 atom stereocenters. The third-order valence-corrected chi connectivity index (χ3v) is 7.67. The summed E-state index contributed by atoms with van der Waals surface area (Å²) in [6.45, 7) is 2.27. The molecule has 1 N–H and O–H groups in total. The maximum Gasteiger partial charge on any atom is 0.251 e. The largest absolute Gasteiger partial charge is 0.461 e. The predicted molar refractivity (Wildman–Crippen MR) is 152 cm³/mol. The number of ether oxygens (including phenoxy) is 1. The first kappa shape index (κ1) is 25.0. The first-order chi connectivity index (χ1) is 18.2. The van der Waals surface area contributed by atoms with Crippen molar-refractivity contribution in [2.75, 3.05) is 7.05 Å². The van der Waals surface area contributed by atoms with Crippen LogP contribution >= 0.6 is 0 Å². The van der Waals surface area contributed by atoms with Crippen LogP contribution in [0.15, 0.2) is 94.7 Å². The summed E-state index contributed by atoms with van der Waals surface area (Å²) in [6, 6.07) is 22.8. The Kier molecular flexibility index (Phi) is 7.84. The summed E-state index contributed by atoms with van der Waals surface area (Å²) in [4.78, 5) is 17.1. The van der Waals surface area contributed by atoms with E-state index in [-0.39, 0.29) is 17.9 Å². The van der Waals surface area contributed by atoms with Gasteiger partial charge >= 0.3 is 0 Å². The van der Waals surface area contributed by atoms with E-state index < -0.39 is 0 Å². The second kappa shape index (κ2) is 11.6. The third-order valence-electron chi connectivity index (χ3n) is 7.67. The van der Waals surface area contributed by atoms with Gasteiger partial charge in [0.1, 0.15) is 11.5 Å². The van der Waals surface area contributed by atoms with Gasteiger partial charge in [-0.3, -0.25) is 9.79 Å². The van der Waals surface area contributed by atoms with Crippen LogP contribution < -0.4 is 10.1 Å². The van der Waals surface area contributed by atoms with Gasteiger partial charge in [-0.1, -0.05) is 67.0 Å². The number of nitrogens with one attached hydrogen (secondary N) is 1. The molecule has 4 nitrogen and oxygen atoms in total. The second-order valence-electron chi connectivity index (χ2n) is 10.1. The molecule has 0 saturated heterocycles. The lowest BCUT2D eigenvalue weighted by Gasteiger charge is -2.35. The van der Waals surface area contributed by atoms with Crippen LogP contribution in [0.4, 0.5) is 0 Å². The number of rotatable bonds is 9. The molecule has 37 heavy (non-hydrogen) atoms. The van der Waals surface area contributed by atoms with E-state index in [9.17, 15) is 4.79 Å². The highest BCUT2D eigenvalue weighted by molar-refractivity contribution is 6.07. The van der Waals surface area contributed by atoms with Crippen molar-refractivity contribution >= 4 is 22.9 Å². The van der Waals surface area contributed by atoms with E-state index in [2.05, 4.69) is 42.6 Å². The number of fused-ring (bicyclic) bond motifs is 2. The van der Waals surface area contributed by atoms with Gasteiger partial charge in [-0.2, -0.15) is 0 Å². The van der Waals surface area contributed by atoms with Crippen molar-refractivity contribution in [3.63, 3.8) is 0 Å². The molecule has 0 saturated carbocycles. The standard InChI is InChI=1S/C33H36N2O2/c1-3-9-24-21-30-31(22-25(24)13-7-12-23-10-5-4-6-11-23)35-19-18-32(30)37-27-16-17-28-26(20-27)14-8-15-29(28)33(36)34-2/h4-6,8,10-11,14-20,30-31H,3,7,9,12-13,21-22H2,1-2H3,(H,34,36)/t30-,31+/m1/s1. The van der Waals surface area contributed by atoms with Gasteiger partial charge in [0.2, 0.25) is 0 Å². The SMILES string of the molecule is CCCC1=C(CCCc2ccccc2)C[C@@H]2N=CC=C(Oc3ccc4c(C(=O)NC)cccc4c3)[C@@H]2C1. The summed E-state index contributed by atoms with van der Waals surface area (Å²) in [5, 5.41) is 4.65. The number of aliphatic imine (C=N–C) groups is 1. The lowest BCUT2D eigenvalue weighted by atomic mass is 9.75. The lowest BCUT2D eigenvalue weighted by molar-refractivity contribution is 0.0964. The molecule has 1 aliphatic carbocycles. The van der Waals surface area contributed by atoms with Gasteiger partial charge in [0.25, 0.3) is 5.91 Å². The third kappa shape index (κ3) is 5.69. The van der Waals surface area contributed by atoms with Gasteiger partial charge in [-0.15, -0.1) is 0 Å². The Hall–Kier alpha value is -3.66. The van der Waals surface area contributed by atoms with Crippen LogP contribution in [0.1, 0.15) is 61.4 Å². The Morgan fingerprint density at radius 2 is 1.81 bits per heavy atom. The first-order valence-corrected chi connectivity index (χ1v) is 13.6. The molecule has 0 aromatic heterocycles. The predicted octanol–water partition coefficient (Wildman–Crippen LogP) is 7.44. The van der Waals surface area contributed by atoms with E-state index >= 15 is 0 Å². The normalized spacial score (nSPS) is 18.9. The second-order valence-corrected chi connectivity index (χ2v) is 10.1. The van der Waals surface area contributed by atoms with Crippen molar-refractivity contribution in [1.82, 2.24) is 5.32 Å². The van der Waals surface area contributed by atoms with Crippen LogP contribution in [0.3, 0.4) is 0 Å². The molecule has 4 heteroatoms. The molecule has 2 aliphatic rings. The Labute approximate surface area is 220 Å². The van der Waals surface area contributed by atoms with Crippen molar-refractivity contribution in [1.29, 1.82) is 0 Å². The molecule has 0 spiro atoms. The summed E-state index contributed by atoms with van der Waals surface area (Å²) in [5.41, 5.74) is 5.32. The van der Waals surface area contributed by atoms with Crippen LogP contribution in [-0.2, 0) is 6.42 Å². The summed E-state index contributed by atoms with van der Waals surface area (Å²) >= 11 is 0. The number of dihydropyridines is 1. The molecule has 1 amide bonds. The van der Waals surface area contributed by atoms with Crippen molar-refractivity contribution in [3.8, 4) is 5.75 Å².